The van der Waals surface area contributed by atoms with Crippen molar-refractivity contribution < 1.29 is 9.59 Å². The van der Waals surface area contributed by atoms with Crippen molar-refractivity contribution in [2.45, 2.75) is 71.1 Å². The lowest BCUT2D eigenvalue weighted by Gasteiger charge is -2.36. The van der Waals surface area contributed by atoms with E-state index in [-0.39, 0.29) is 29.1 Å². The summed E-state index contributed by atoms with van der Waals surface area (Å²) >= 11 is 0. The quantitative estimate of drug-likeness (QED) is 0.195. The van der Waals surface area contributed by atoms with Crippen LogP contribution in [0.4, 0.5) is 16.3 Å². The van der Waals surface area contributed by atoms with E-state index < -0.39 is 5.41 Å². The number of anilines is 2. The molecule has 1 aliphatic heterocycles. The molecule has 5 rings (SSSR count). The highest BCUT2D eigenvalue weighted by atomic mass is 16.2. The number of piperidine rings is 1. The number of urea groups is 1. The second-order valence-electron chi connectivity index (χ2n) is 13.5. The highest BCUT2D eigenvalue weighted by Crippen LogP contribution is 2.41. The molecule has 1 atom stereocenters. The molecule has 1 fully saturated rings. The van der Waals surface area contributed by atoms with Gasteiger partial charge in [0.05, 0.1) is 11.4 Å². The summed E-state index contributed by atoms with van der Waals surface area (Å²) in [5, 5.41) is 14.4. The van der Waals surface area contributed by atoms with Crippen molar-refractivity contribution in [3.05, 3.63) is 107 Å². The maximum absolute atomic E-state index is 14.6. The van der Waals surface area contributed by atoms with Crippen LogP contribution >= 0.6 is 0 Å². The maximum Gasteiger partial charge on any atom is 0.324 e. The first-order valence-corrected chi connectivity index (χ1v) is 15.6. The number of benzene rings is 3. The lowest BCUT2D eigenvalue weighted by atomic mass is 9.68. The van der Waals surface area contributed by atoms with Crippen LogP contribution in [-0.2, 0) is 15.6 Å². The molecule has 0 spiro atoms. The molecule has 1 aliphatic rings. The maximum atomic E-state index is 14.6. The molecular weight excluding hydrogens is 546 g/mol. The SMILES string of the molecule is Cc1ccc(-n2nc(C(C)(C)C)cc2NC(=O)Nc2ccccc2C(C(=O)C(C)(C)c2ccccc2)C2CCNCC2)cc1. The molecule has 0 saturated carbocycles. The standard InChI is InChI=1S/C37H45N5O2/c1-25-16-18-28(19-17-25)42-32(24-31(41-42)36(2,3)4)40-35(44)39-30-15-11-10-14-29(30)33(26-20-22-38-23-21-26)34(43)37(5,6)27-12-8-7-9-13-27/h7-19,24,26,33,38H,20-23H2,1-6H3,(H2,39,40,44). The number of carbonyl (C=O) groups excluding carboxylic acids is 2. The van der Waals surface area contributed by atoms with Gasteiger partial charge in [0.2, 0.25) is 0 Å². The largest absolute Gasteiger partial charge is 0.324 e. The number of hydrogen-bond acceptors (Lipinski definition) is 4. The average molecular weight is 592 g/mol. The van der Waals surface area contributed by atoms with Gasteiger partial charge in [0.15, 0.2) is 5.78 Å². The Morgan fingerprint density at radius 3 is 2.16 bits per heavy atom. The van der Waals surface area contributed by atoms with Crippen molar-refractivity contribution in [1.82, 2.24) is 15.1 Å². The first-order chi connectivity index (χ1) is 20.9. The number of aryl methyl sites for hydroxylation is 1. The second kappa shape index (κ2) is 12.8. The van der Waals surface area contributed by atoms with E-state index in [1.807, 2.05) is 106 Å². The number of rotatable bonds is 8. The summed E-state index contributed by atoms with van der Waals surface area (Å²) < 4.78 is 1.77. The van der Waals surface area contributed by atoms with E-state index in [0.29, 0.717) is 11.5 Å². The van der Waals surface area contributed by atoms with E-state index in [1.54, 1.807) is 4.68 Å². The Morgan fingerprint density at radius 2 is 1.50 bits per heavy atom. The normalized spacial score (nSPS) is 15.0. The van der Waals surface area contributed by atoms with E-state index in [1.165, 1.54) is 0 Å². The summed E-state index contributed by atoms with van der Waals surface area (Å²) in [6.45, 7) is 14.1. The fourth-order valence-corrected chi connectivity index (χ4v) is 6.04. The Labute approximate surface area is 261 Å². The molecule has 44 heavy (non-hydrogen) atoms. The third kappa shape index (κ3) is 6.78. The highest BCUT2D eigenvalue weighted by Gasteiger charge is 2.41. The topological polar surface area (TPSA) is 88.1 Å². The van der Waals surface area contributed by atoms with Gasteiger partial charge in [-0.2, -0.15) is 5.10 Å². The number of Topliss-reactive ketones (excluding diaryl/α,β-unsaturated/α-hetero) is 1. The van der Waals surface area contributed by atoms with E-state index in [2.05, 4.69) is 36.7 Å². The average Bonchev–Trinajstić information content (AvgIpc) is 3.43. The van der Waals surface area contributed by atoms with Crippen LogP contribution in [-0.4, -0.2) is 34.7 Å². The van der Waals surface area contributed by atoms with Gasteiger partial charge in [0, 0.05) is 28.5 Å². The van der Waals surface area contributed by atoms with Gasteiger partial charge in [-0.15, -0.1) is 0 Å². The zero-order valence-corrected chi connectivity index (χ0v) is 26.8. The summed E-state index contributed by atoms with van der Waals surface area (Å²) in [5.41, 5.74) is 4.46. The summed E-state index contributed by atoms with van der Waals surface area (Å²) in [5.74, 6) is 0.534. The van der Waals surface area contributed by atoms with E-state index >= 15 is 0 Å². The predicted octanol–water partition coefficient (Wildman–Crippen LogP) is 7.75. The molecule has 2 amide bonds. The molecule has 2 heterocycles. The van der Waals surface area contributed by atoms with E-state index in [4.69, 9.17) is 5.10 Å². The molecule has 3 aromatic carbocycles. The number of para-hydroxylation sites is 1. The molecular formula is C37H45N5O2. The Balaban J connectivity index is 1.47. The fourth-order valence-electron chi connectivity index (χ4n) is 6.04. The number of ketones is 1. The van der Waals surface area contributed by atoms with Crippen LogP contribution in [0.25, 0.3) is 5.69 Å². The van der Waals surface area contributed by atoms with Crippen LogP contribution in [0.5, 0.6) is 0 Å². The fraction of sp³-hybridized carbons (Fsp3) is 0.378. The molecule has 0 aliphatic carbocycles. The molecule has 7 heteroatoms. The van der Waals surface area contributed by atoms with Gasteiger partial charge >= 0.3 is 6.03 Å². The van der Waals surface area contributed by atoms with Gasteiger partial charge in [-0.25, -0.2) is 9.48 Å². The third-order valence-corrected chi connectivity index (χ3v) is 8.79. The molecule has 3 N–H and O–H groups in total. The van der Waals surface area contributed by atoms with Crippen LogP contribution in [0.1, 0.15) is 75.8 Å². The molecule has 230 valence electrons. The molecule has 7 nitrogen and oxygen atoms in total. The minimum atomic E-state index is -0.698. The molecule has 1 aromatic heterocycles. The number of nitrogens with one attached hydrogen (secondary N) is 3. The lowest BCUT2D eigenvalue weighted by Crippen LogP contribution is -2.40. The van der Waals surface area contributed by atoms with Crippen LogP contribution in [0.15, 0.2) is 84.9 Å². The molecule has 4 aromatic rings. The molecule has 1 unspecified atom stereocenters. The highest BCUT2D eigenvalue weighted by molar-refractivity contribution is 6.02. The van der Waals surface area contributed by atoms with Crippen molar-refractivity contribution >= 4 is 23.3 Å². The summed E-state index contributed by atoms with van der Waals surface area (Å²) in [4.78, 5) is 28.2. The minimum Gasteiger partial charge on any atom is -0.317 e. The van der Waals surface area contributed by atoms with Crippen LogP contribution in [0.2, 0.25) is 0 Å². The first-order valence-electron chi connectivity index (χ1n) is 15.6. The van der Waals surface area contributed by atoms with Crippen molar-refractivity contribution in [2.24, 2.45) is 5.92 Å². The van der Waals surface area contributed by atoms with E-state index in [9.17, 15) is 9.59 Å². The third-order valence-electron chi connectivity index (χ3n) is 8.79. The Hall–Kier alpha value is -4.23. The Kier molecular flexibility index (Phi) is 9.07. The monoisotopic (exact) mass is 591 g/mol. The van der Waals surface area contributed by atoms with Crippen LogP contribution in [0.3, 0.4) is 0 Å². The summed E-state index contributed by atoms with van der Waals surface area (Å²) in [6.07, 6.45) is 1.79. The summed E-state index contributed by atoms with van der Waals surface area (Å²) in [7, 11) is 0. The number of hydrogen-bond donors (Lipinski definition) is 3. The zero-order chi connectivity index (χ0) is 31.5. The Morgan fingerprint density at radius 1 is 0.864 bits per heavy atom. The molecule has 0 bridgehead atoms. The second-order valence-corrected chi connectivity index (χ2v) is 13.5. The Bertz CT molecular complexity index is 1590. The van der Waals surface area contributed by atoms with Crippen molar-refractivity contribution in [3.8, 4) is 5.69 Å². The van der Waals surface area contributed by atoms with Crippen LogP contribution < -0.4 is 16.0 Å². The van der Waals surface area contributed by atoms with Gasteiger partial charge in [-0.1, -0.05) is 87.0 Å². The number of amides is 2. The number of nitrogens with zero attached hydrogens (tertiary/aromatic N) is 2. The van der Waals surface area contributed by atoms with Gasteiger partial charge in [-0.05, 0) is 81.9 Å². The lowest BCUT2D eigenvalue weighted by molar-refractivity contribution is -0.126. The van der Waals surface area contributed by atoms with Gasteiger partial charge in [-0.3, -0.25) is 10.1 Å². The van der Waals surface area contributed by atoms with Gasteiger partial charge in [0.1, 0.15) is 5.82 Å². The van der Waals surface area contributed by atoms with Crippen molar-refractivity contribution in [2.75, 3.05) is 23.7 Å². The smallest absolute Gasteiger partial charge is 0.317 e. The zero-order valence-electron chi connectivity index (χ0n) is 26.8. The summed E-state index contributed by atoms with van der Waals surface area (Å²) in [6, 6.07) is 27.3. The minimum absolute atomic E-state index is 0.162. The molecule has 1 saturated heterocycles. The van der Waals surface area contributed by atoms with Gasteiger partial charge in [0.25, 0.3) is 0 Å². The number of carbonyl (C=O) groups is 2. The predicted molar refractivity (Wildman–Crippen MR) is 179 cm³/mol. The molecule has 0 radical (unpaired) electrons. The van der Waals surface area contributed by atoms with Crippen LogP contribution in [0, 0.1) is 12.8 Å². The van der Waals surface area contributed by atoms with Crippen molar-refractivity contribution in [3.63, 3.8) is 0 Å². The van der Waals surface area contributed by atoms with Crippen molar-refractivity contribution in [1.29, 1.82) is 0 Å². The van der Waals surface area contributed by atoms with E-state index in [0.717, 1.165) is 54.0 Å². The first kappa shape index (κ1) is 31.2. The number of aromatic nitrogens is 2. The van der Waals surface area contributed by atoms with Gasteiger partial charge < -0.3 is 10.6 Å².